The average molecular weight is 454 g/mol. The van der Waals surface area contributed by atoms with Crippen LogP contribution in [0.1, 0.15) is 31.0 Å². The first-order chi connectivity index (χ1) is 15.1. The Labute approximate surface area is 178 Å². The molecule has 0 aliphatic carbocycles. The fraction of sp³-hybridized carbons (Fsp3) is 0.400. The molecule has 1 aliphatic heterocycles. The predicted octanol–water partition coefficient (Wildman–Crippen LogP) is 2.33. The molecule has 32 heavy (non-hydrogen) atoms. The van der Waals surface area contributed by atoms with Gasteiger partial charge in [-0.1, -0.05) is 0 Å². The van der Waals surface area contributed by atoms with E-state index in [1.165, 1.54) is 4.98 Å². The number of aromatic nitrogens is 2. The van der Waals surface area contributed by atoms with E-state index in [2.05, 4.69) is 0 Å². The first-order valence-electron chi connectivity index (χ1n) is 9.66. The van der Waals surface area contributed by atoms with Gasteiger partial charge in [0.25, 0.3) is 5.56 Å². The number of benzene rings is 1. The standard InChI is InChI=1S/C20H18F4N4O4/c1-2-32-18(30)11-3-5-27(6-4-11)14-8-15(13(21)7-12(14)10-25)28-17(29)9-16(20(22,23)24)26-19(28)31/h7-9,11H,2-6H2,1H3,(H,26,31). The third kappa shape index (κ3) is 4.51. The summed E-state index contributed by atoms with van der Waals surface area (Å²) in [5.41, 5.74) is -4.89. The number of aromatic amines is 1. The Kier molecular flexibility index (Phi) is 6.38. The molecule has 1 aromatic heterocycles. The molecular weight excluding hydrogens is 436 g/mol. The van der Waals surface area contributed by atoms with Gasteiger partial charge in [0.2, 0.25) is 0 Å². The lowest BCUT2D eigenvalue weighted by molar-refractivity contribution is -0.148. The summed E-state index contributed by atoms with van der Waals surface area (Å²) < 4.78 is 58.4. The van der Waals surface area contributed by atoms with Gasteiger partial charge in [0.15, 0.2) is 0 Å². The molecule has 2 heterocycles. The Hall–Kier alpha value is -3.62. The predicted molar refractivity (Wildman–Crippen MR) is 104 cm³/mol. The summed E-state index contributed by atoms with van der Waals surface area (Å²) >= 11 is 0. The molecule has 3 rings (SSSR count). The van der Waals surface area contributed by atoms with E-state index in [1.54, 1.807) is 11.8 Å². The second-order valence-electron chi connectivity index (χ2n) is 7.11. The molecule has 12 heteroatoms. The minimum atomic E-state index is -4.96. The molecule has 1 fully saturated rings. The van der Waals surface area contributed by atoms with Crippen LogP contribution in [0.5, 0.6) is 0 Å². The van der Waals surface area contributed by atoms with Gasteiger partial charge in [-0.25, -0.2) is 13.8 Å². The first-order valence-corrected chi connectivity index (χ1v) is 9.66. The van der Waals surface area contributed by atoms with E-state index in [-0.39, 0.29) is 40.4 Å². The number of halogens is 4. The van der Waals surface area contributed by atoms with Crippen molar-refractivity contribution in [3.05, 3.63) is 56.1 Å². The molecule has 2 aromatic rings. The largest absolute Gasteiger partial charge is 0.466 e. The lowest BCUT2D eigenvalue weighted by atomic mass is 9.96. The van der Waals surface area contributed by atoms with E-state index in [9.17, 15) is 37.2 Å². The van der Waals surface area contributed by atoms with E-state index in [1.807, 2.05) is 6.07 Å². The second-order valence-corrected chi connectivity index (χ2v) is 7.11. The monoisotopic (exact) mass is 454 g/mol. The van der Waals surface area contributed by atoms with Crippen molar-refractivity contribution in [2.24, 2.45) is 5.92 Å². The van der Waals surface area contributed by atoms with Crippen molar-refractivity contribution in [2.45, 2.75) is 25.9 Å². The lowest BCUT2D eigenvalue weighted by Gasteiger charge is -2.33. The number of esters is 1. The van der Waals surface area contributed by atoms with E-state index in [0.717, 1.165) is 12.1 Å². The zero-order chi connectivity index (χ0) is 23.6. The van der Waals surface area contributed by atoms with Crippen molar-refractivity contribution in [1.29, 1.82) is 5.26 Å². The zero-order valence-electron chi connectivity index (χ0n) is 16.8. The van der Waals surface area contributed by atoms with Gasteiger partial charge < -0.3 is 14.6 Å². The van der Waals surface area contributed by atoms with Gasteiger partial charge >= 0.3 is 17.8 Å². The van der Waals surface area contributed by atoms with Gasteiger partial charge in [-0.15, -0.1) is 0 Å². The SMILES string of the molecule is CCOC(=O)C1CCN(c2cc(-n3c(=O)cc(C(F)(F)F)[nH]c3=O)c(F)cc2C#N)CC1. The van der Waals surface area contributed by atoms with Crippen LogP contribution in [0.2, 0.25) is 0 Å². The van der Waals surface area contributed by atoms with Crippen molar-refractivity contribution in [3.8, 4) is 11.8 Å². The number of carbonyl (C=O) groups is 1. The topological polar surface area (TPSA) is 108 Å². The molecule has 1 aromatic carbocycles. The van der Waals surface area contributed by atoms with Crippen LogP contribution in [0.15, 0.2) is 27.8 Å². The zero-order valence-corrected chi connectivity index (χ0v) is 16.8. The van der Waals surface area contributed by atoms with Crippen LogP contribution < -0.4 is 16.1 Å². The number of carbonyl (C=O) groups excluding carboxylic acids is 1. The number of nitrogens with zero attached hydrogens (tertiary/aromatic N) is 3. The molecule has 0 spiro atoms. The maximum Gasteiger partial charge on any atom is 0.431 e. The lowest BCUT2D eigenvalue weighted by Crippen LogP contribution is -2.38. The number of nitrogens with one attached hydrogen (secondary N) is 1. The highest BCUT2D eigenvalue weighted by Gasteiger charge is 2.33. The van der Waals surface area contributed by atoms with Crippen molar-refractivity contribution < 1.29 is 27.1 Å². The van der Waals surface area contributed by atoms with E-state index < -0.39 is 34.6 Å². The number of anilines is 1. The van der Waals surface area contributed by atoms with Crippen molar-refractivity contribution in [3.63, 3.8) is 0 Å². The van der Waals surface area contributed by atoms with Gasteiger partial charge in [-0.3, -0.25) is 9.59 Å². The summed E-state index contributed by atoms with van der Waals surface area (Å²) in [5, 5.41) is 9.40. The fourth-order valence-electron chi connectivity index (χ4n) is 3.57. The van der Waals surface area contributed by atoms with Gasteiger partial charge in [-0.05, 0) is 31.9 Å². The summed E-state index contributed by atoms with van der Waals surface area (Å²) in [6, 6.07) is 3.87. The molecule has 1 N–H and O–H groups in total. The Morgan fingerprint density at radius 1 is 1.22 bits per heavy atom. The Morgan fingerprint density at radius 2 is 1.88 bits per heavy atom. The van der Waals surface area contributed by atoms with Gasteiger partial charge in [0, 0.05) is 19.2 Å². The Morgan fingerprint density at radius 3 is 2.41 bits per heavy atom. The molecule has 0 amide bonds. The number of nitriles is 1. The normalized spacial score (nSPS) is 14.8. The third-order valence-electron chi connectivity index (χ3n) is 5.12. The van der Waals surface area contributed by atoms with Crippen molar-refractivity contribution in [2.75, 3.05) is 24.6 Å². The first kappa shape index (κ1) is 23.1. The number of rotatable bonds is 4. The number of hydrogen-bond donors (Lipinski definition) is 1. The highest BCUT2D eigenvalue weighted by molar-refractivity contribution is 5.73. The van der Waals surface area contributed by atoms with Crippen LogP contribution >= 0.6 is 0 Å². The third-order valence-corrected chi connectivity index (χ3v) is 5.12. The molecule has 0 bridgehead atoms. The maximum atomic E-state index is 14.7. The summed E-state index contributed by atoms with van der Waals surface area (Å²) in [6.45, 7) is 2.55. The maximum absolute atomic E-state index is 14.7. The summed E-state index contributed by atoms with van der Waals surface area (Å²) in [6.07, 6.45) is -4.16. The van der Waals surface area contributed by atoms with Crippen LogP contribution in [0.4, 0.5) is 23.2 Å². The van der Waals surface area contributed by atoms with Gasteiger partial charge in [0.1, 0.15) is 17.6 Å². The van der Waals surface area contributed by atoms with Gasteiger partial charge in [0.05, 0.1) is 29.5 Å². The van der Waals surface area contributed by atoms with E-state index >= 15 is 0 Å². The number of ether oxygens (including phenoxy) is 1. The van der Waals surface area contributed by atoms with Crippen molar-refractivity contribution >= 4 is 11.7 Å². The molecule has 0 radical (unpaired) electrons. The van der Waals surface area contributed by atoms with Crippen LogP contribution in [-0.2, 0) is 15.7 Å². The summed E-state index contributed by atoms with van der Waals surface area (Å²) in [7, 11) is 0. The molecule has 170 valence electrons. The quantitative estimate of drug-likeness (QED) is 0.561. The second kappa shape index (κ2) is 8.86. The molecule has 0 unspecified atom stereocenters. The molecule has 1 saturated heterocycles. The summed E-state index contributed by atoms with van der Waals surface area (Å²) in [5.74, 6) is -1.80. The number of hydrogen-bond acceptors (Lipinski definition) is 6. The van der Waals surface area contributed by atoms with Crippen LogP contribution in [0, 0.1) is 23.1 Å². The molecule has 8 nitrogen and oxygen atoms in total. The van der Waals surface area contributed by atoms with Crippen molar-refractivity contribution in [1.82, 2.24) is 9.55 Å². The van der Waals surface area contributed by atoms with Crippen LogP contribution in [0.25, 0.3) is 5.69 Å². The Bertz CT molecular complexity index is 1160. The highest BCUT2D eigenvalue weighted by Crippen LogP contribution is 2.30. The van der Waals surface area contributed by atoms with E-state index in [4.69, 9.17) is 4.74 Å². The van der Waals surface area contributed by atoms with E-state index in [0.29, 0.717) is 25.9 Å². The van der Waals surface area contributed by atoms with Gasteiger partial charge in [-0.2, -0.15) is 18.4 Å². The number of alkyl halides is 3. The minimum absolute atomic E-state index is 0.0859. The minimum Gasteiger partial charge on any atom is -0.466 e. The molecule has 1 aliphatic rings. The fourth-order valence-corrected chi connectivity index (χ4v) is 3.57. The highest BCUT2D eigenvalue weighted by atomic mass is 19.4. The van der Waals surface area contributed by atoms with Crippen LogP contribution in [-0.4, -0.2) is 35.2 Å². The molecular formula is C20H18F4N4O4. The van der Waals surface area contributed by atoms with Crippen LogP contribution in [0.3, 0.4) is 0 Å². The Balaban J connectivity index is 2.01. The number of H-pyrrole nitrogens is 1. The molecule has 0 atom stereocenters. The number of piperidine rings is 1. The summed E-state index contributed by atoms with van der Waals surface area (Å²) in [4.78, 5) is 39.5. The molecule has 0 saturated carbocycles. The average Bonchev–Trinajstić information content (AvgIpc) is 2.73. The smallest absolute Gasteiger partial charge is 0.431 e.